The van der Waals surface area contributed by atoms with Crippen molar-refractivity contribution in [2.45, 2.75) is 20.8 Å². The molecule has 0 fully saturated rings. The Bertz CT molecular complexity index is 45.5. The van der Waals surface area contributed by atoms with Crippen LogP contribution in [0.5, 0.6) is 0 Å². The molecule has 34 valence electrons. The zero-order valence-corrected chi connectivity index (χ0v) is 4.65. The first-order valence-electron chi connectivity index (χ1n) is 2.12. The van der Waals surface area contributed by atoms with Gasteiger partial charge in [0.15, 0.2) is 6.08 Å². The van der Waals surface area contributed by atoms with Crippen LogP contribution in [0.25, 0.3) is 0 Å². The molecular formula is C6H11+. The third-order valence-corrected chi connectivity index (χ3v) is 0.500. The van der Waals surface area contributed by atoms with Gasteiger partial charge >= 0.3 is 0 Å². The minimum Gasteiger partial charge on any atom is -0.0523 e. The molecule has 0 unspecified atom stereocenters. The van der Waals surface area contributed by atoms with Gasteiger partial charge in [-0.25, -0.2) is 0 Å². The Balaban J connectivity index is 3.45. The van der Waals surface area contributed by atoms with Crippen LogP contribution in [0.15, 0.2) is 6.08 Å². The van der Waals surface area contributed by atoms with Gasteiger partial charge < -0.3 is 0 Å². The fourth-order valence-corrected chi connectivity index (χ4v) is 0. The van der Waals surface area contributed by atoms with Crippen LogP contribution in [-0.2, 0) is 0 Å². The van der Waals surface area contributed by atoms with E-state index in [-0.39, 0.29) is 5.41 Å². The molecule has 0 saturated heterocycles. The Kier molecular flexibility index (Phi) is 1.32. The molecule has 0 saturated carbocycles. The van der Waals surface area contributed by atoms with Crippen molar-refractivity contribution in [3.8, 4) is 0 Å². The Morgan fingerprint density at radius 2 is 1.50 bits per heavy atom. The van der Waals surface area contributed by atoms with Gasteiger partial charge in [0.1, 0.15) is 0 Å². The molecule has 0 aliphatic carbocycles. The molecule has 0 aliphatic heterocycles. The SMILES string of the molecule is [CH+]=CC(C)(C)C. The molecule has 0 amide bonds. The van der Waals surface area contributed by atoms with E-state index in [2.05, 4.69) is 20.8 Å². The summed E-state index contributed by atoms with van der Waals surface area (Å²) in [5.41, 5.74) is 0.194. The Labute approximate surface area is 39.9 Å². The first kappa shape index (κ1) is 5.65. The second-order valence-corrected chi connectivity index (χ2v) is 2.53. The predicted molar refractivity (Wildman–Crippen MR) is 28.3 cm³/mol. The summed E-state index contributed by atoms with van der Waals surface area (Å²) in [5, 5.41) is 0. The lowest BCUT2D eigenvalue weighted by atomic mass is 9.98. The van der Waals surface area contributed by atoms with Crippen molar-refractivity contribution >= 4 is 0 Å². The molecule has 0 aromatic carbocycles. The minimum atomic E-state index is 0.194. The van der Waals surface area contributed by atoms with E-state index < -0.39 is 0 Å². The van der Waals surface area contributed by atoms with E-state index in [1.807, 2.05) is 0 Å². The number of allylic oxidation sites excluding steroid dienone is 1. The van der Waals surface area contributed by atoms with Crippen molar-refractivity contribution in [1.82, 2.24) is 0 Å². The van der Waals surface area contributed by atoms with Gasteiger partial charge in [-0.3, -0.25) is 0 Å². The van der Waals surface area contributed by atoms with Gasteiger partial charge in [0.05, 0.1) is 0 Å². The van der Waals surface area contributed by atoms with Gasteiger partial charge in [-0.2, -0.15) is 0 Å². The number of hydrogen-bond acceptors (Lipinski definition) is 0. The van der Waals surface area contributed by atoms with Gasteiger partial charge in [-0.1, -0.05) is 20.8 Å². The molecule has 0 radical (unpaired) electrons. The van der Waals surface area contributed by atoms with Crippen LogP contribution in [0.1, 0.15) is 20.8 Å². The average molecular weight is 83.2 g/mol. The predicted octanol–water partition coefficient (Wildman–Crippen LogP) is 2.02. The van der Waals surface area contributed by atoms with E-state index in [1.165, 1.54) is 0 Å². The summed E-state index contributed by atoms with van der Waals surface area (Å²) in [6.07, 6.45) is 1.69. The summed E-state index contributed by atoms with van der Waals surface area (Å²) in [6, 6.07) is 0. The van der Waals surface area contributed by atoms with Crippen LogP contribution >= 0.6 is 0 Å². The monoisotopic (exact) mass is 83.1 g/mol. The van der Waals surface area contributed by atoms with Crippen LogP contribution < -0.4 is 0 Å². The van der Waals surface area contributed by atoms with E-state index in [0.717, 1.165) is 0 Å². The smallest absolute Gasteiger partial charge is 0.0523 e. The largest absolute Gasteiger partial charge is 0.202 e. The van der Waals surface area contributed by atoms with E-state index in [1.54, 1.807) is 6.08 Å². The van der Waals surface area contributed by atoms with Crippen molar-refractivity contribution in [2.75, 3.05) is 0 Å². The van der Waals surface area contributed by atoms with Crippen LogP contribution in [0.4, 0.5) is 0 Å². The van der Waals surface area contributed by atoms with Crippen LogP contribution in [0, 0.1) is 12.0 Å². The molecule has 6 heavy (non-hydrogen) atoms. The zero-order valence-electron chi connectivity index (χ0n) is 4.65. The quantitative estimate of drug-likeness (QED) is 0.393. The molecule has 0 spiro atoms. The highest BCUT2D eigenvalue weighted by Crippen LogP contribution is 2.11. The lowest BCUT2D eigenvalue weighted by Gasteiger charge is -2.01. The normalized spacial score (nSPS) is 11.0. The maximum absolute atomic E-state index is 5.18. The molecule has 0 aliphatic rings. The third kappa shape index (κ3) is 3.65. The molecule has 0 aromatic rings. The van der Waals surface area contributed by atoms with Crippen molar-refractivity contribution < 1.29 is 0 Å². The van der Waals surface area contributed by atoms with E-state index in [9.17, 15) is 0 Å². The highest BCUT2D eigenvalue weighted by Gasteiger charge is 2.06. The van der Waals surface area contributed by atoms with Crippen molar-refractivity contribution in [1.29, 1.82) is 0 Å². The summed E-state index contributed by atoms with van der Waals surface area (Å²) in [6.45, 7) is 11.4. The molecule has 0 heterocycles. The van der Waals surface area contributed by atoms with E-state index >= 15 is 0 Å². The molecule has 0 nitrogen and oxygen atoms in total. The van der Waals surface area contributed by atoms with E-state index in [0.29, 0.717) is 0 Å². The zero-order chi connectivity index (χ0) is 5.21. The molecule has 0 rings (SSSR count). The third-order valence-electron chi connectivity index (χ3n) is 0.500. The lowest BCUT2D eigenvalue weighted by molar-refractivity contribution is 0.544. The number of hydrogen-bond donors (Lipinski definition) is 0. The van der Waals surface area contributed by atoms with Gasteiger partial charge in [0.2, 0.25) is 6.58 Å². The Morgan fingerprint density at radius 1 is 1.33 bits per heavy atom. The summed E-state index contributed by atoms with van der Waals surface area (Å²) in [5.74, 6) is 0. The highest BCUT2D eigenvalue weighted by molar-refractivity contribution is 4.79. The molecule has 0 atom stereocenters. The molecular weight excluding hydrogens is 72.1 g/mol. The summed E-state index contributed by atoms with van der Waals surface area (Å²) < 4.78 is 0. The Hall–Kier alpha value is -0.350. The van der Waals surface area contributed by atoms with Gasteiger partial charge in [-0.15, -0.1) is 0 Å². The van der Waals surface area contributed by atoms with E-state index in [4.69, 9.17) is 6.58 Å². The van der Waals surface area contributed by atoms with Crippen LogP contribution in [0.3, 0.4) is 0 Å². The maximum atomic E-state index is 5.18. The molecule has 0 heteroatoms. The first-order chi connectivity index (χ1) is 2.56. The summed E-state index contributed by atoms with van der Waals surface area (Å²) in [7, 11) is 0. The van der Waals surface area contributed by atoms with Crippen molar-refractivity contribution in [3.63, 3.8) is 0 Å². The minimum absolute atomic E-state index is 0.194. The second-order valence-electron chi connectivity index (χ2n) is 2.53. The molecule has 0 aromatic heterocycles. The van der Waals surface area contributed by atoms with Crippen molar-refractivity contribution in [3.05, 3.63) is 12.7 Å². The summed E-state index contributed by atoms with van der Waals surface area (Å²) >= 11 is 0. The van der Waals surface area contributed by atoms with Crippen LogP contribution in [-0.4, -0.2) is 0 Å². The average Bonchev–Trinajstić information content (AvgIpc) is 1.35. The second kappa shape index (κ2) is 1.40. The molecule has 0 bridgehead atoms. The highest BCUT2D eigenvalue weighted by atomic mass is 14.0. The lowest BCUT2D eigenvalue weighted by Crippen LogP contribution is -1.96. The molecule has 0 N–H and O–H groups in total. The van der Waals surface area contributed by atoms with Gasteiger partial charge in [0, 0.05) is 5.41 Å². The maximum Gasteiger partial charge on any atom is 0.202 e. The fraction of sp³-hybridized carbons (Fsp3) is 0.667. The first-order valence-corrected chi connectivity index (χ1v) is 2.12. The standard InChI is InChI=1S/C6H11/c1-5-6(2,3)4/h1,5H,2-4H3/q+1. The van der Waals surface area contributed by atoms with Crippen LogP contribution in [0.2, 0.25) is 0 Å². The fourth-order valence-electron chi connectivity index (χ4n) is 0. The Morgan fingerprint density at radius 3 is 1.50 bits per heavy atom. The van der Waals surface area contributed by atoms with Gasteiger partial charge in [-0.05, 0) is 0 Å². The summed E-state index contributed by atoms with van der Waals surface area (Å²) in [4.78, 5) is 0. The van der Waals surface area contributed by atoms with Gasteiger partial charge in [0.25, 0.3) is 0 Å². The topological polar surface area (TPSA) is 0 Å². The van der Waals surface area contributed by atoms with Crippen molar-refractivity contribution in [2.24, 2.45) is 5.41 Å². The number of rotatable bonds is 0.